The third kappa shape index (κ3) is 2.67. The largest absolute Gasteiger partial charge is 0.858 e. The van der Waals surface area contributed by atoms with Crippen molar-refractivity contribution in [2.45, 2.75) is 6.54 Å². The van der Waals surface area contributed by atoms with Crippen molar-refractivity contribution >= 4 is 29.1 Å². The highest BCUT2D eigenvalue weighted by Crippen LogP contribution is 2.09. The lowest BCUT2D eigenvalue weighted by atomic mass is 10.2. The van der Waals surface area contributed by atoms with E-state index in [4.69, 9.17) is 5.41 Å². The third-order valence-electron chi connectivity index (χ3n) is 2.07. The number of fused-ring (bicyclic) bond motifs is 1. The van der Waals surface area contributed by atoms with E-state index in [1.165, 1.54) is 0 Å². The van der Waals surface area contributed by atoms with Crippen LogP contribution in [-0.4, -0.2) is 5.90 Å². The van der Waals surface area contributed by atoms with E-state index in [9.17, 15) is 5.11 Å². The molecule has 0 aliphatic rings. The van der Waals surface area contributed by atoms with Crippen molar-refractivity contribution in [1.29, 1.82) is 5.41 Å². The molecule has 0 spiro atoms. The number of hydrogen-bond acceptors (Lipinski definition) is 2. The molecule has 0 fully saturated rings. The summed E-state index contributed by atoms with van der Waals surface area (Å²) in [6.07, 6.45) is 3.69. The van der Waals surface area contributed by atoms with Crippen LogP contribution in [0, 0.1) is 5.41 Å². The number of aromatic nitrogens is 1. The van der Waals surface area contributed by atoms with Crippen LogP contribution in [-0.2, 0) is 6.54 Å². The van der Waals surface area contributed by atoms with Gasteiger partial charge in [-0.2, -0.15) is 4.57 Å². The van der Waals surface area contributed by atoms with Gasteiger partial charge >= 0.3 is 0 Å². The summed E-state index contributed by atoms with van der Waals surface area (Å²) in [5.74, 6) is -0.578. The molecule has 1 aromatic heterocycles. The van der Waals surface area contributed by atoms with Crippen molar-refractivity contribution in [2.75, 3.05) is 0 Å². The van der Waals surface area contributed by atoms with Crippen molar-refractivity contribution in [3.05, 3.63) is 42.7 Å². The molecule has 0 saturated carbocycles. The van der Waals surface area contributed by atoms with E-state index >= 15 is 0 Å². The van der Waals surface area contributed by atoms with Crippen LogP contribution in [0.2, 0.25) is 0 Å². The minimum absolute atomic E-state index is 0. The molecule has 0 amide bonds. The van der Waals surface area contributed by atoms with Crippen LogP contribution in [0.5, 0.6) is 0 Å². The number of hydrogen-bond donors (Lipinski definition) is 1. The van der Waals surface area contributed by atoms with Gasteiger partial charge in [0.15, 0.2) is 18.9 Å². The van der Waals surface area contributed by atoms with Gasteiger partial charge in [0.05, 0.1) is 0 Å². The van der Waals surface area contributed by atoms with E-state index in [1.807, 2.05) is 42.7 Å². The first-order valence-corrected chi connectivity index (χ1v) is 4.38. The lowest BCUT2D eigenvalue weighted by Gasteiger charge is -2.02. The molecule has 0 saturated heterocycles. The molecule has 1 heterocycles. The highest BCUT2D eigenvalue weighted by atomic mass is 35.5. The van der Waals surface area contributed by atoms with Crippen molar-refractivity contribution in [3.63, 3.8) is 0 Å². The highest BCUT2D eigenvalue weighted by Gasteiger charge is 2.00. The SMILES string of the molecule is Cl.N=C([O-])C[n+]1ccc2ccccc2c1. The second-order valence-electron chi connectivity index (χ2n) is 3.17. The second-order valence-corrected chi connectivity index (χ2v) is 3.17. The van der Waals surface area contributed by atoms with Crippen molar-refractivity contribution in [3.8, 4) is 0 Å². The molecule has 0 radical (unpaired) electrons. The molecular weight excluding hydrogens is 212 g/mol. The van der Waals surface area contributed by atoms with Gasteiger partial charge in [0.25, 0.3) is 0 Å². The molecule has 3 nitrogen and oxygen atoms in total. The monoisotopic (exact) mass is 222 g/mol. The van der Waals surface area contributed by atoms with E-state index in [1.54, 1.807) is 4.57 Å². The van der Waals surface area contributed by atoms with E-state index in [-0.39, 0.29) is 19.0 Å². The second kappa shape index (κ2) is 4.75. The summed E-state index contributed by atoms with van der Waals surface area (Å²) in [6.45, 7) is 0.116. The summed E-state index contributed by atoms with van der Waals surface area (Å²) in [5.41, 5.74) is 0. The van der Waals surface area contributed by atoms with Crippen molar-refractivity contribution in [1.82, 2.24) is 0 Å². The molecule has 0 bridgehead atoms. The maximum Gasteiger partial charge on any atom is 0.176 e. The molecule has 0 unspecified atom stereocenters. The standard InChI is InChI=1S/C11H10N2O.ClH/c12-11(14)8-13-6-5-9-3-1-2-4-10(9)7-13;/h1-7H,8H2,(H-,12,14);1H. The fourth-order valence-electron chi connectivity index (χ4n) is 1.44. The summed E-state index contributed by atoms with van der Waals surface area (Å²) >= 11 is 0. The van der Waals surface area contributed by atoms with Gasteiger partial charge in [0.2, 0.25) is 0 Å². The molecule has 0 aliphatic carbocycles. The van der Waals surface area contributed by atoms with Crippen LogP contribution in [0.25, 0.3) is 10.8 Å². The predicted molar refractivity (Wildman–Crippen MR) is 59.1 cm³/mol. The molecule has 1 N–H and O–H groups in total. The van der Waals surface area contributed by atoms with Gasteiger partial charge in [0, 0.05) is 17.4 Å². The van der Waals surface area contributed by atoms with Gasteiger partial charge in [-0.25, -0.2) is 0 Å². The number of rotatable bonds is 2. The Labute approximate surface area is 93.9 Å². The number of halogens is 1. The van der Waals surface area contributed by atoms with Gasteiger partial charge in [-0.1, -0.05) is 18.2 Å². The Bertz CT molecular complexity index is 485. The molecule has 4 heteroatoms. The van der Waals surface area contributed by atoms with Crippen LogP contribution in [0.15, 0.2) is 42.7 Å². The maximum atomic E-state index is 10.6. The number of nitrogens with zero attached hydrogens (tertiary/aromatic N) is 1. The molecular formula is C11H11ClN2O. The van der Waals surface area contributed by atoms with Gasteiger partial charge in [0.1, 0.15) is 0 Å². The Balaban J connectivity index is 0.00000112. The third-order valence-corrected chi connectivity index (χ3v) is 2.07. The molecule has 2 aromatic rings. The zero-order valence-corrected chi connectivity index (χ0v) is 8.83. The number of nitrogens with one attached hydrogen (secondary N) is 1. The van der Waals surface area contributed by atoms with Crippen LogP contribution in [0.3, 0.4) is 0 Å². The summed E-state index contributed by atoms with van der Waals surface area (Å²) in [4.78, 5) is 0. The van der Waals surface area contributed by atoms with E-state index in [0.717, 1.165) is 10.8 Å². The Morgan fingerprint density at radius 1 is 1.20 bits per heavy atom. The smallest absolute Gasteiger partial charge is 0.176 e. The topological polar surface area (TPSA) is 50.8 Å². The highest BCUT2D eigenvalue weighted by molar-refractivity contribution is 5.85. The average Bonchev–Trinajstić information content (AvgIpc) is 2.17. The van der Waals surface area contributed by atoms with E-state index < -0.39 is 5.90 Å². The molecule has 1 aromatic carbocycles. The van der Waals surface area contributed by atoms with Gasteiger partial charge in [-0.15, -0.1) is 12.4 Å². The summed E-state index contributed by atoms with van der Waals surface area (Å²) in [5, 5.41) is 19.7. The Hall–Kier alpha value is -1.61. The molecule has 2 rings (SSSR count). The predicted octanol–water partition coefficient (Wildman–Crippen LogP) is 0.887. The first-order chi connectivity index (χ1) is 6.75. The summed E-state index contributed by atoms with van der Waals surface area (Å²) in [6, 6.07) is 9.87. The minimum Gasteiger partial charge on any atom is -0.858 e. The number of pyridine rings is 1. The summed E-state index contributed by atoms with van der Waals surface area (Å²) in [7, 11) is 0. The molecule has 0 atom stereocenters. The maximum absolute atomic E-state index is 10.6. The van der Waals surface area contributed by atoms with Crippen LogP contribution in [0.4, 0.5) is 0 Å². The lowest BCUT2D eigenvalue weighted by molar-refractivity contribution is -0.686. The molecule has 0 aliphatic heterocycles. The Morgan fingerprint density at radius 3 is 2.53 bits per heavy atom. The van der Waals surface area contributed by atoms with Crippen molar-refractivity contribution < 1.29 is 9.67 Å². The van der Waals surface area contributed by atoms with Crippen LogP contribution in [0.1, 0.15) is 0 Å². The number of benzene rings is 1. The van der Waals surface area contributed by atoms with Gasteiger partial charge < -0.3 is 10.5 Å². The first-order valence-electron chi connectivity index (χ1n) is 4.38. The van der Waals surface area contributed by atoms with Crippen LogP contribution >= 0.6 is 12.4 Å². The lowest BCUT2D eigenvalue weighted by Crippen LogP contribution is -2.41. The average molecular weight is 223 g/mol. The van der Waals surface area contributed by atoms with Crippen LogP contribution < -0.4 is 9.67 Å². The normalized spacial score (nSPS) is 9.60. The fourth-order valence-corrected chi connectivity index (χ4v) is 1.44. The first kappa shape index (κ1) is 11.5. The molecule has 78 valence electrons. The minimum atomic E-state index is -0.578. The summed E-state index contributed by atoms with van der Waals surface area (Å²) < 4.78 is 1.72. The van der Waals surface area contributed by atoms with E-state index in [2.05, 4.69) is 0 Å². The van der Waals surface area contributed by atoms with Gasteiger partial charge in [-0.05, 0) is 11.5 Å². The molecule has 15 heavy (non-hydrogen) atoms. The van der Waals surface area contributed by atoms with Crippen molar-refractivity contribution in [2.24, 2.45) is 0 Å². The zero-order valence-electron chi connectivity index (χ0n) is 8.01. The quantitative estimate of drug-likeness (QED) is 0.458. The van der Waals surface area contributed by atoms with E-state index in [0.29, 0.717) is 0 Å². The zero-order chi connectivity index (χ0) is 9.97. The van der Waals surface area contributed by atoms with Gasteiger partial charge in [-0.3, -0.25) is 0 Å². The Kier molecular flexibility index (Phi) is 3.63. The Morgan fingerprint density at radius 2 is 1.87 bits per heavy atom. The fraction of sp³-hybridized carbons (Fsp3) is 0.0909.